The Morgan fingerprint density at radius 1 is 1.19 bits per heavy atom. The van der Waals surface area contributed by atoms with Crippen LogP contribution in [-0.2, 0) is 16.1 Å². The number of hydrogen-bond acceptors (Lipinski definition) is 4. The van der Waals surface area contributed by atoms with Crippen LogP contribution in [0.4, 0.5) is 0 Å². The third kappa shape index (κ3) is 5.03. The van der Waals surface area contributed by atoms with Crippen molar-refractivity contribution in [2.24, 2.45) is 0 Å². The molecule has 1 aliphatic rings. The molecule has 2 amide bonds. The second-order valence-electron chi connectivity index (χ2n) is 6.81. The van der Waals surface area contributed by atoms with Crippen molar-refractivity contribution in [1.82, 2.24) is 25.0 Å². The van der Waals surface area contributed by atoms with Gasteiger partial charge < -0.3 is 10.2 Å². The van der Waals surface area contributed by atoms with Crippen molar-refractivity contribution in [3.05, 3.63) is 34.6 Å². The maximum Gasteiger partial charge on any atom is 0.224 e. The van der Waals surface area contributed by atoms with E-state index in [2.05, 4.69) is 15.5 Å². The van der Waals surface area contributed by atoms with Crippen molar-refractivity contribution >= 4 is 24.0 Å². The van der Waals surface area contributed by atoms with Gasteiger partial charge in [0, 0.05) is 44.6 Å². The van der Waals surface area contributed by atoms with Crippen LogP contribution in [0.25, 0.3) is 11.4 Å². The van der Waals surface area contributed by atoms with Crippen LogP contribution in [0.2, 0.25) is 0 Å². The average Bonchev–Trinajstić information content (AvgIpc) is 3.31. The fraction of sp³-hybridized carbons (Fsp3) is 0.474. The minimum Gasteiger partial charge on any atom is -0.356 e. The molecule has 144 valence electrons. The van der Waals surface area contributed by atoms with E-state index >= 15 is 0 Å². The van der Waals surface area contributed by atoms with Gasteiger partial charge in [0.25, 0.3) is 0 Å². The van der Waals surface area contributed by atoms with Crippen LogP contribution in [0.15, 0.2) is 24.3 Å². The lowest BCUT2D eigenvalue weighted by molar-refractivity contribution is -0.130. The Kier molecular flexibility index (Phi) is 6.39. The molecule has 0 aliphatic carbocycles. The summed E-state index contributed by atoms with van der Waals surface area (Å²) in [6.07, 6.45) is 2.79. The molecule has 0 bridgehead atoms. The van der Waals surface area contributed by atoms with Crippen LogP contribution < -0.4 is 5.32 Å². The van der Waals surface area contributed by atoms with Crippen LogP contribution in [0, 0.1) is 11.7 Å². The number of rotatable bonds is 7. The van der Waals surface area contributed by atoms with Crippen LogP contribution in [0.3, 0.4) is 0 Å². The van der Waals surface area contributed by atoms with Crippen molar-refractivity contribution in [3.63, 3.8) is 0 Å². The van der Waals surface area contributed by atoms with Gasteiger partial charge in [-0.2, -0.15) is 5.10 Å². The molecule has 0 radical (unpaired) electrons. The summed E-state index contributed by atoms with van der Waals surface area (Å²) < 4.78 is 2.32. The Bertz CT molecular complexity index is 850. The van der Waals surface area contributed by atoms with Crippen molar-refractivity contribution in [1.29, 1.82) is 0 Å². The van der Waals surface area contributed by atoms with E-state index in [1.165, 1.54) is 5.56 Å². The SMILES string of the molecule is Cc1ccc(-c2n[nH]c(=S)n2CCC(=O)NCCC(=O)N2CCCC2)cc1. The van der Waals surface area contributed by atoms with Gasteiger partial charge in [0.2, 0.25) is 11.8 Å². The lowest BCUT2D eigenvalue weighted by Crippen LogP contribution is -2.33. The Labute approximate surface area is 163 Å². The lowest BCUT2D eigenvalue weighted by atomic mass is 10.1. The van der Waals surface area contributed by atoms with Gasteiger partial charge in [-0.25, -0.2) is 0 Å². The summed E-state index contributed by atoms with van der Waals surface area (Å²) in [6, 6.07) is 8.00. The Hall–Kier alpha value is -2.48. The number of carbonyl (C=O) groups is 2. The maximum absolute atomic E-state index is 12.1. The van der Waals surface area contributed by atoms with E-state index in [0.717, 1.165) is 37.3 Å². The third-order valence-corrected chi connectivity index (χ3v) is 5.06. The van der Waals surface area contributed by atoms with E-state index in [1.807, 2.05) is 40.7 Å². The van der Waals surface area contributed by atoms with Crippen molar-refractivity contribution < 1.29 is 9.59 Å². The quantitative estimate of drug-likeness (QED) is 0.715. The number of benzene rings is 1. The van der Waals surface area contributed by atoms with Gasteiger partial charge in [-0.1, -0.05) is 29.8 Å². The normalized spacial score (nSPS) is 13.7. The molecule has 0 saturated carbocycles. The molecule has 0 atom stereocenters. The van der Waals surface area contributed by atoms with E-state index in [9.17, 15) is 9.59 Å². The van der Waals surface area contributed by atoms with Gasteiger partial charge in [-0.3, -0.25) is 19.3 Å². The number of aromatic nitrogens is 3. The summed E-state index contributed by atoms with van der Waals surface area (Å²) >= 11 is 5.30. The molecule has 27 heavy (non-hydrogen) atoms. The highest BCUT2D eigenvalue weighted by Gasteiger charge is 2.17. The van der Waals surface area contributed by atoms with E-state index in [4.69, 9.17) is 12.2 Å². The molecular weight excluding hydrogens is 362 g/mol. The number of H-pyrrole nitrogens is 1. The monoisotopic (exact) mass is 387 g/mol. The first-order valence-corrected chi connectivity index (χ1v) is 9.72. The second-order valence-corrected chi connectivity index (χ2v) is 7.19. The Morgan fingerprint density at radius 2 is 1.89 bits per heavy atom. The van der Waals surface area contributed by atoms with E-state index in [0.29, 0.717) is 24.3 Å². The van der Waals surface area contributed by atoms with E-state index in [1.54, 1.807) is 0 Å². The van der Waals surface area contributed by atoms with Gasteiger partial charge >= 0.3 is 0 Å². The summed E-state index contributed by atoms with van der Waals surface area (Å²) in [6.45, 7) is 4.51. The molecule has 1 saturated heterocycles. The first kappa shape index (κ1) is 19.3. The molecule has 1 aromatic carbocycles. The Balaban J connectivity index is 1.50. The number of aryl methyl sites for hydroxylation is 1. The number of amides is 2. The summed E-state index contributed by atoms with van der Waals surface area (Å²) in [7, 11) is 0. The summed E-state index contributed by atoms with van der Waals surface area (Å²) in [5, 5.41) is 9.91. The second kappa shape index (κ2) is 8.94. The molecule has 3 rings (SSSR count). The van der Waals surface area contributed by atoms with E-state index < -0.39 is 0 Å². The van der Waals surface area contributed by atoms with Crippen molar-refractivity contribution in [3.8, 4) is 11.4 Å². The minimum atomic E-state index is -0.0952. The van der Waals surface area contributed by atoms with Gasteiger partial charge in [-0.05, 0) is 32.0 Å². The first-order chi connectivity index (χ1) is 13.0. The highest BCUT2D eigenvalue weighted by Crippen LogP contribution is 2.18. The third-order valence-electron chi connectivity index (χ3n) is 4.75. The maximum atomic E-state index is 12.1. The zero-order valence-corrected chi connectivity index (χ0v) is 16.3. The molecule has 2 heterocycles. The zero-order chi connectivity index (χ0) is 19.2. The molecule has 8 heteroatoms. The summed E-state index contributed by atoms with van der Waals surface area (Å²) in [5.41, 5.74) is 2.12. The van der Waals surface area contributed by atoms with Crippen LogP contribution in [0.1, 0.15) is 31.2 Å². The predicted molar refractivity (Wildman–Crippen MR) is 106 cm³/mol. The van der Waals surface area contributed by atoms with Gasteiger partial charge in [0.15, 0.2) is 10.6 Å². The summed E-state index contributed by atoms with van der Waals surface area (Å²) in [5.74, 6) is 0.741. The number of likely N-dealkylation sites (tertiary alicyclic amines) is 1. The molecule has 1 aliphatic heterocycles. The first-order valence-electron chi connectivity index (χ1n) is 9.31. The number of nitrogens with zero attached hydrogens (tertiary/aromatic N) is 3. The highest BCUT2D eigenvalue weighted by molar-refractivity contribution is 7.71. The average molecular weight is 388 g/mol. The number of aromatic amines is 1. The molecular formula is C19H25N5O2S. The number of hydrogen-bond donors (Lipinski definition) is 2. The Morgan fingerprint density at radius 3 is 2.59 bits per heavy atom. The van der Waals surface area contributed by atoms with Crippen molar-refractivity contribution in [2.45, 2.75) is 39.2 Å². The smallest absolute Gasteiger partial charge is 0.224 e. The van der Waals surface area contributed by atoms with Gasteiger partial charge in [0.1, 0.15) is 0 Å². The highest BCUT2D eigenvalue weighted by atomic mass is 32.1. The molecule has 7 nitrogen and oxygen atoms in total. The fourth-order valence-corrected chi connectivity index (χ4v) is 3.41. The summed E-state index contributed by atoms with van der Waals surface area (Å²) in [4.78, 5) is 26.0. The molecule has 2 N–H and O–H groups in total. The topological polar surface area (TPSA) is 83.0 Å². The van der Waals surface area contributed by atoms with E-state index in [-0.39, 0.29) is 18.2 Å². The fourth-order valence-electron chi connectivity index (χ4n) is 3.18. The zero-order valence-electron chi connectivity index (χ0n) is 15.5. The molecule has 1 aromatic heterocycles. The van der Waals surface area contributed by atoms with Gasteiger partial charge in [0.05, 0.1) is 0 Å². The van der Waals surface area contributed by atoms with Crippen LogP contribution in [-0.4, -0.2) is 51.1 Å². The molecule has 0 unspecified atom stereocenters. The van der Waals surface area contributed by atoms with Crippen LogP contribution >= 0.6 is 12.2 Å². The number of nitrogens with one attached hydrogen (secondary N) is 2. The van der Waals surface area contributed by atoms with Crippen molar-refractivity contribution in [2.75, 3.05) is 19.6 Å². The lowest BCUT2D eigenvalue weighted by Gasteiger charge is -2.15. The molecule has 1 fully saturated rings. The predicted octanol–water partition coefficient (Wildman–Crippen LogP) is 2.43. The molecule has 0 spiro atoms. The van der Waals surface area contributed by atoms with Crippen LogP contribution in [0.5, 0.6) is 0 Å². The molecule has 2 aromatic rings. The minimum absolute atomic E-state index is 0.0952. The van der Waals surface area contributed by atoms with Gasteiger partial charge in [-0.15, -0.1) is 0 Å². The number of carbonyl (C=O) groups excluding carboxylic acids is 2. The standard InChI is InChI=1S/C19H25N5O2S/c1-14-4-6-15(7-5-14)18-21-22-19(27)24(18)13-9-16(25)20-10-8-17(26)23-11-2-3-12-23/h4-7H,2-3,8-13H2,1H3,(H,20,25)(H,22,27). The largest absolute Gasteiger partial charge is 0.356 e.